The van der Waals surface area contributed by atoms with Crippen molar-refractivity contribution in [3.63, 3.8) is 0 Å². The number of likely N-dealkylation sites (N-methyl/N-ethyl adjacent to an activating group) is 1. The Morgan fingerprint density at radius 1 is 1.28 bits per heavy atom. The molecule has 7 heteroatoms. The fourth-order valence-electron chi connectivity index (χ4n) is 3.57. The van der Waals surface area contributed by atoms with Crippen molar-refractivity contribution in [2.24, 2.45) is 5.92 Å². The number of benzene rings is 1. The minimum absolute atomic E-state index is 0.0693. The maximum absolute atomic E-state index is 13.4. The van der Waals surface area contributed by atoms with Gasteiger partial charge in [-0.2, -0.15) is 0 Å². The number of aliphatic hydroxyl groups is 1. The summed E-state index contributed by atoms with van der Waals surface area (Å²) < 4.78 is 11.4. The zero-order valence-corrected chi connectivity index (χ0v) is 19.3. The van der Waals surface area contributed by atoms with Gasteiger partial charge in [0.2, 0.25) is 5.88 Å². The van der Waals surface area contributed by atoms with Crippen molar-refractivity contribution in [2.75, 3.05) is 40.9 Å². The van der Waals surface area contributed by atoms with E-state index >= 15 is 0 Å². The zero-order valence-electron chi connectivity index (χ0n) is 19.3. The second-order valence-electron chi connectivity index (χ2n) is 8.44. The van der Waals surface area contributed by atoms with E-state index in [1.54, 1.807) is 24.3 Å². The van der Waals surface area contributed by atoms with Crippen molar-refractivity contribution < 1.29 is 19.4 Å². The average Bonchev–Trinajstić information content (AvgIpc) is 2.79. The summed E-state index contributed by atoms with van der Waals surface area (Å²) in [5.41, 5.74) is 1.81. The Balaban J connectivity index is 1.97. The molecule has 0 radical (unpaired) electrons. The molecule has 1 aliphatic heterocycles. The molecule has 1 aromatic heterocycles. The molecule has 1 N–H and O–H groups in total. The number of carbonyl (C=O) groups excluding carboxylic acids is 1. The van der Waals surface area contributed by atoms with Crippen LogP contribution in [-0.2, 0) is 0 Å². The third-order valence-electron chi connectivity index (χ3n) is 5.51. The fourth-order valence-corrected chi connectivity index (χ4v) is 3.57. The Bertz CT molecular complexity index is 994. The minimum atomic E-state index is -0.315. The van der Waals surface area contributed by atoms with Gasteiger partial charge in [0, 0.05) is 36.3 Å². The highest BCUT2D eigenvalue weighted by atomic mass is 16.5. The first kappa shape index (κ1) is 23.6. The number of carbonyl (C=O) groups is 1. The molecular formula is C25H31N3O4. The number of aromatic nitrogens is 1. The van der Waals surface area contributed by atoms with Crippen molar-refractivity contribution in [3.05, 3.63) is 53.2 Å². The Morgan fingerprint density at radius 2 is 1.97 bits per heavy atom. The molecule has 2 aromatic rings. The quantitative estimate of drug-likeness (QED) is 0.724. The van der Waals surface area contributed by atoms with E-state index in [0.29, 0.717) is 30.1 Å². The largest absolute Gasteiger partial charge is 0.497 e. The van der Waals surface area contributed by atoms with Crippen LogP contribution in [0.4, 0.5) is 0 Å². The van der Waals surface area contributed by atoms with Crippen LogP contribution >= 0.6 is 0 Å². The lowest BCUT2D eigenvalue weighted by Gasteiger charge is -2.37. The molecule has 3 rings (SSSR count). The van der Waals surface area contributed by atoms with Crippen LogP contribution in [0.2, 0.25) is 0 Å². The van der Waals surface area contributed by atoms with Crippen molar-refractivity contribution in [1.29, 1.82) is 0 Å². The highest BCUT2D eigenvalue weighted by Gasteiger charge is 2.33. The van der Waals surface area contributed by atoms with Gasteiger partial charge in [-0.05, 0) is 51.4 Å². The van der Waals surface area contributed by atoms with Crippen LogP contribution in [0.5, 0.6) is 11.6 Å². The number of aliphatic hydroxyl groups excluding tert-OH is 1. The third kappa shape index (κ3) is 5.58. The third-order valence-corrected chi connectivity index (χ3v) is 5.51. The molecule has 1 amide bonds. The smallest absolute Gasteiger partial charge is 0.259 e. The summed E-state index contributed by atoms with van der Waals surface area (Å²) in [6.45, 7) is 4.96. The van der Waals surface area contributed by atoms with Crippen molar-refractivity contribution >= 4 is 5.91 Å². The molecule has 0 aliphatic carbocycles. The maximum atomic E-state index is 13.4. The van der Waals surface area contributed by atoms with Crippen molar-refractivity contribution in [3.8, 4) is 23.5 Å². The van der Waals surface area contributed by atoms with Gasteiger partial charge < -0.3 is 24.4 Å². The number of methoxy groups -OCH3 is 1. The Morgan fingerprint density at radius 3 is 2.59 bits per heavy atom. The molecule has 0 spiro atoms. The van der Waals surface area contributed by atoms with E-state index in [0.717, 1.165) is 11.3 Å². The van der Waals surface area contributed by atoms with E-state index in [1.165, 1.54) is 0 Å². The van der Waals surface area contributed by atoms with E-state index in [1.807, 2.05) is 45.3 Å². The lowest BCUT2D eigenvalue weighted by molar-refractivity contribution is 0.0348. The first-order valence-corrected chi connectivity index (χ1v) is 10.7. The first-order chi connectivity index (χ1) is 15.3. The highest BCUT2D eigenvalue weighted by Crippen LogP contribution is 2.27. The monoisotopic (exact) mass is 437 g/mol. The van der Waals surface area contributed by atoms with E-state index in [-0.39, 0.29) is 30.6 Å². The second-order valence-corrected chi connectivity index (χ2v) is 8.44. The predicted molar refractivity (Wildman–Crippen MR) is 123 cm³/mol. The van der Waals surface area contributed by atoms with Gasteiger partial charge in [0.1, 0.15) is 17.4 Å². The molecule has 170 valence electrons. The Kier molecular flexibility index (Phi) is 7.73. The van der Waals surface area contributed by atoms with Gasteiger partial charge in [-0.25, -0.2) is 4.98 Å². The Labute approximate surface area is 190 Å². The van der Waals surface area contributed by atoms with Crippen LogP contribution in [-0.4, -0.2) is 78.8 Å². The summed E-state index contributed by atoms with van der Waals surface area (Å²) in [5, 5.41) is 9.73. The number of hydrogen-bond donors (Lipinski definition) is 1. The number of hydrogen-bond acceptors (Lipinski definition) is 6. The van der Waals surface area contributed by atoms with Crippen LogP contribution in [0.1, 0.15) is 35.3 Å². The summed E-state index contributed by atoms with van der Waals surface area (Å²) in [4.78, 5) is 21.6. The zero-order chi connectivity index (χ0) is 23.3. The molecule has 1 aromatic carbocycles. The standard InChI is InChI=1S/C25H31N3O4/c1-17-14-28(18(2)16-29)25(30)22-12-20(7-6-19-8-10-21(31-5)11-9-19)13-26-24(22)32-23(17)15-27(3)4/h8-13,17-18,23,29H,14-16H2,1-5H3/t17-,18+,23-/m0/s1. The van der Waals surface area contributed by atoms with Gasteiger partial charge in [-0.1, -0.05) is 18.8 Å². The van der Waals surface area contributed by atoms with E-state index < -0.39 is 0 Å². The number of ether oxygens (including phenoxy) is 2. The first-order valence-electron chi connectivity index (χ1n) is 10.7. The molecule has 0 saturated heterocycles. The molecule has 7 nitrogen and oxygen atoms in total. The van der Waals surface area contributed by atoms with Crippen LogP contribution in [0.3, 0.4) is 0 Å². The van der Waals surface area contributed by atoms with Crippen molar-refractivity contribution in [1.82, 2.24) is 14.8 Å². The molecular weight excluding hydrogens is 406 g/mol. The SMILES string of the molecule is COc1ccc(C#Cc2cnc3c(c2)C(=O)N([C@H](C)CO)C[C@H](C)[C@H](CN(C)C)O3)cc1. The van der Waals surface area contributed by atoms with Gasteiger partial charge >= 0.3 is 0 Å². The van der Waals surface area contributed by atoms with Gasteiger partial charge in [0.05, 0.1) is 19.8 Å². The number of nitrogens with zero attached hydrogens (tertiary/aromatic N) is 3. The normalized spacial score (nSPS) is 19.2. The molecule has 3 atom stereocenters. The summed E-state index contributed by atoms with van der Waals surface area (Å²) in [6.07, 6.45) is 1.48. The van der Waals surface area contributed by atoms with Gasteiger partial charge in [0.15, 0.2) is 0 Å². The van der Waals surface area contributed by atoms with Gasteiger partial charge in [-0.3, -0.25) is 4.79 Å². The van der Waals surface area contributed by atoms with E-state index in [2.05, 4.69) is 28.6 Å². The van der Waals surface area contributed by atoms with Crippen LogP contribution in [0.15, 0.2) is 36.5 Å². The molecule has 0 fully saturated rings. The molecule has 32 heavy (non-hydrogen) atoms. The van der Waals surface area contributed by atoms with Crippen LogP contribution in [0, 0.1) is 17.8 Å². The highest BCUT2D eigenvalue weighted by molar-refractivity contribution is 5.97. The van der Waals surface area contributed by atoms with Gasteiger partial charge in [0.25, 0.3) is 5.91 Å². The second kappa shape index (κ2) is 10.5. The lowest BCUT2D eigenvalue weighted by atomic mass is 10.00. The van der Waals surface area contributed by atoms with Crippen LogP contribution in [0.25, 0.3) is 0 Å². The molecule has 0 saturated carbocycles. The number of amides is 1. The number of fused-ring (bicyclic) bond motifs is 1. The molecule has 0 bridgehead atoms. The fraction of sp³-hybridized carbons (Fsp3) is 0.440. The topological polar surface area (TPSA) is 75.1 Å². The number of pyridine rings is 1. The summed E-state index contributed by atoms with van der Waals surface area (Å²) in [5.74, 6) is 7.10. The predicted octanol–water partition coefficient (Wildman–Crippen LogP) is 2.27. The molecule has 0 unspecified atom stereocenters. The summed E-state index contributed by atoms with van der Waals surface area (Å²) >= 11 is 0. The number of rotatable bonds is 5. The average molecular weight is 438 g/mol. The summed E-state index contributed by atoms with van der Waals surface area (Å²) in [6, 6.07) is 8.85. The minimum Gasteiger partial charge on any atom is -0.497 e. The van der Waals surface area contributed by atoms with Crippen LogP contribution < -0.4 is 9.47 Å². The van der Waals surface area contributed by atoms with Gasteiger partial charge in [-0.15, -0.1) is 0 Å². The van der Waals surface area contributed by atoms with Crippen molar-refractivity contribution in [2.45, 2.75) is 26.0 Å². The van der Waals surface area contributed by atoms with E-state index in [9.17, 15) is 9.90 Å². The summed E-state index contributed by atoms with van der Waals surface area (Å²) in [7, 11) is 5.59. The Hall–Kier alpha value is -3.08. The lowest BCUT2D eigenvalue weighted by Crippen LogP contribution is -2.49. The van der Waals surface area contributed by atoms with E-state index in [4.69, 9.17) is 9.47 Å². The maximum Gasteiger partial charge on any atom is 0.259 e. The molecule has 1 aliphatic rings. The molecule has 2 heterocycles.